The second kappa shape index (κ2) is 8.78. The number of anilines is 1. The lowest BCUT2D eigenvalue weighted by Crippen LogP contribution is -2.49. The molecule has 0 aromatic heterocycles. The van der Waals surface area contributed by atoms with Crippen LogP contribution in [0.3, 0.4) is 0 Å². The highest BCUT2D eigenvalue weighted by Crippen LogP contribution is 2.24. The van der Waals surface area contributed by atoms with E-state index in [9.17, 15) is 4.79 Å². The average Bonchev–Trinajstić information content (AvgIpc) is 2.67. The van der Waals surface area contributed by atoms with E-state index >= 15 is 0 Å². The fraction of sp³-hybridized carbons (Fsp3) is 0.458. The van der Waals surface area contributed by atoms with Crippen LogP contribution in [0.25, 0.3) is 0 Å². The minimum atomic E-state index is 0.0306. The van der Waals surface area contributed by atoms with Crippen molar-refractivity contribution in [2.75, 3.05) is 37.6 Å². The van der Waals surface area contributed by atoms with E-state index in [2.05, 4.69) is 86.1 Å². The molecule has 1 amide bonds. The van der Waals surface area contributed by atoms with E-state index < -0.39 is 0 Å². The molecule has 1 heterocycles. The number of hydrogen-bond donors (Lipinski definition) is 1. The average molecular weight is 380 g/mol. The Morgan fingerprint density at radius 1 is 0.964 bits per heavy atom. The van der Waals surface area contributed by atoms with Crippen LogP contribution in [0.15, 0.2) is 36.4 Å². The Morgan fingerprint density at radius 2 is 1.68 bits per heavy atom. The lowest BCUT2D eigenvalue weighted by Gasteiger charge is -2.36. The Kier molecular flexibility index (Phi) is 6.40. The molecule has 0 unspecified atom stereocenters. The molecule has 1 aliphatic rings. The molecular formula is C24H33N3O. The molecule has 150 valence electrons. The Balaban J connectivity index is 1.51. The number of amides is 1. The van der Waals surface area contributed by atoms with Gasteiger partial charge in [-0.2, -0.15) is 0 Å². The van der Waals surface area contributed by atoms with Crippen molar-refractivity contribution in [2.45, 2.75) is 40.7 Å². The smallest absolute Gasteiger partial charge is 0.234 e. The fourth-order valence-corrected chi connectivity index (χ4v) is 3.83. The molecule has 3 rings (SSSR count). The summed E-state index contributed by atoms with van der Waals surface area (Å²) in [4.78, 5) is 17.2. The Hall–Kier alpha value is -2.33. The number of carbonyl (C=O) groups excluding carboxylic acids is 1. The number of benzene rings is 2. The van der Waals surface area contributed by atoms with Crippen LogP contribution in [-0.2, 0) is 4.79 Å². The Morgan fingerprint density at radius 3 is 2.36 bits per heavy atom. The molecule has 1 fully saturated rings. The summed E-state index contributed by atoms with van der Waals surface area (Å²) < 4.78 is 0. The van der Waals surface area contributed by atoms with E-state index in [-0.39, 0.29) is 11.9 Å². The van der Waals surface area contributed by atoms with Gasteiger partial charge < -0.3 is 10.2 Å². The molecule has 0 radical (unpaired) electrons. The summed E-state index contributed by atoms with van der Waals surface area (Å²) in [5, 5.41) is 3.16. The maximum absolute atomic E-state index is 12.5. The molecule has 0 aliphatic carbocycles. The highest BCUT2D eigenvalue weighted by molar-refractivity contribution is 5.78. The zero-order chi connectivity index (χ0) is 20.3. The maximum atomic E-state index is 12.5. The summed E-state index contributed by atoms with van der Waals surface area (Å²) in [6.45, 7) is 14.9. The van der Waals surface area contributed by atoms with Crippen LogP contribution in [0.5, 0.6) is 0 Å². The van der Waals surface area contributed by atoms with Crippen molar-refractivity contribution in [1.29, 1.82) is 0 Å². The predicted molar refractivity (Wildman–Crippen MR) is 117 cm³/mol. The summed E-state index contributed by atoms with van der Waals surface area (Å²) in [7, 11) is 0. The summed E-state index contributed by atoms with van der Waals surface area (Å²) in [5.74, 6) is 0.103. The molecule has 0 bridgehead atoms. The molecule has 0 saturated carbocycles. The molecule has 2 aromatic rings. The molecule has 1 aliphatic heterocycles. The maximum Gasteiger partial charge on any atom is 0.234 e. The third-order valence-electron chi connectivity index (χ3n) is 6.06. The minimum Gasteiger partial charge on any atom is -0.369 e. The number of hydrogen-bond acceptors (Lipinski definition) is 3. The van der Waals surface area contributed by atoms with E-state index in [0.717, 1.165) is 31.7 Å². The van der Waals surface area contributed by atoms with Crippen molar-refractivity contribution >= 4 is 11.6 Å². The van der Waals surface area contributed by atoms with Gasteiger partial charge in [0, 0.05) is 31.9 Å². The first-order chi connectivity index (χ1) is 13.3. The van der Waals surface area contributed by atoms with Crippen LogP contribution in [-0.4, -0.2) is 43.5 Å². The molecule has 2 aromatic carbocycles. The second-order valence-electron chi connectivity index (χ2n) is 8.12. The van der Waals surface area contributed by atoms with E-state index in [1.807, 2.05) is 0 Å². The van der Waals surface area contributed by atoms with Gasteiger partial charge in [-0.25, -0.2) is 0 Å². The number of nitrogens with zero attached hydrogens (tertiary/aromatic N) is 2. The summed E-state index contributed by atoms with van der Waals surface area (Å²) in [6.07, 6.45) is 0. The molecule has 28 heavy (non-hydrogen) atoms. The van der Waals surface area contributed by atoms with Crippen LogP contribution in [0.1, 0.15) is 40.8 Å². The van der Waals surface area contributed by atoms with E-state index in [0.29, 0.717) is 6.54 Å². The van der Waals surface area contributed by atoms with Crippen molar-refractivity contribution in [2.24, 2.45) is 0 Å². The van der Waals surface area contributed by atoms with Crippen LogP contribution < -0.4 is 10.2 Å². The fourth-order valence-electron chi connectivity index (χ4n) is 3.83. The zero-order valence-corrected chi connectivity index (χ0v) is 17.9. The van der Waals surface area contributed by atoms with Crippen molar-refractivity contribution in [3.8, 4) is 0 Å². The van der Waals surface area contributed by atoms with Gasteiger partial charge in [0.15, 0.2) is 0 Å². The van der Waals surface area contributed by atoms with Crippen molar-refractivity contribution in [3.05, 3.63) is 64.2 Å². The molecular weight excluding hydrogens is 346 g/mol. The van der Waals surface area contributed by atoms with Gasteiger partial charge in [0.05, 0.1) is 12.6 Å². The first kappa shape index (κ1) is 20.4. The van der Waals surface area contributed by atoms with Gasteiger partial charge in [-0.15, -0.1) is 0 Å². The summed E-state index contributed by atoms with van der Waals surface area (Å²) in [6, 6.07) is 12.9. The van der Waals surface area contributed by atoms with Crippen LogP contribution in [0.4, 0.5) is 5.69 Å². The normalized spacial score (nSPS) is 16.1. The quantitative estimate of drug-likeness (QED) is 0.855. The van der Waals surface area contributed by atoms with Crippen LogP contribution >= 0.6 is 0 Å². The largest absolute Gasteiger partial charge is 0.369 e. The van der Waals surface area contributed by atoms with Gasteiger partial charge in [0.25, 0.3) is 0 Å². The monoisotopic (exact) mass is 379 g/mol. The number of carbonyl (C=O) groups is 1. The van der Waals surface area contributed by atoms with Crippen molar-refractivity contribution < 1.29 is 4.79 Å². The molecule has 1 N–H and O–H groups in total. The van der Waals surface area contributed by atoms with Crippen molar-refractivity contribution in [3.63, 3.8) is 0 Å². The van der Waals surface area contributed by atoms with Gasteiger partial charge in [0.2, 0.25) is 5.91 Å². The first-order valence-electron chi connectivity index (χ1n) is 10.2. The van der Waals surface area contributed by atoms with Gasteiger partial charge in [-0.1, -0.05) is 30.3 Å². The van der Waals surface area contributed by atoms with Crippen molar-refractivity contribution in [1.82, 2.24) is 10.2 Å². The van der Waals surface area contributed by atoms with Crippen LogP contribution in [0, 0.1) is 27.7 Å². The predicted octanol–water partition coefficient (Wildman–Crippen LogP) is 3.92. The molecule has 4 nitrogen and oxygen atoms in total. The van der Waals surface area contributed by atoms with Crippen LogP contribution in [0.2, 0.25) is 0 Å². The zero-order valence-electron chi connectivity index (χ0n) is 17.9. The van der Waals surface area contributed by atoms with E-state index in [1.165, 1.54) is 27.9 Å². The third kappa shape index (κ3) is 4.74. The SMILES string of the molecule is Cc1ccc([C@H](C)NC(=O)CN2CCN(c3cccc(C)c3C)CC2)cc1C. The highest BCUT2D eigenvalue weighted by Gasteiger charge is 2.21. The highest BCUT2D eigenvalue weighted by atomic mass is 16.2. The van der Waals surface area contributed by atoms with E-state index in [4.69, 9.17) is 0 Å². The summed E-state index contributed by atoms with van der Waals surface area (Å²) in [5.41, 5.74) is 7.73. The number of aryl methyl sites for hydroxylation is 3. The lowest BCUT2D eigenvalue weighted by molar-refractivity contribution is -0.123. The number of piperazine rings is 1. The van der Waals surface area contributed by atoms with E-state index in [1.54, 1.807) is 0 Å². The molecule has 1 atom stereocenters. The van der Waals surface area contributed by atoms with Gasteiger partial charge >= 0.3 is 0 Å². The Labute approximate surface area is 169 Å². The van der Waals surface area contributed by atoms with Gasteiger partial charge in [0.1, 0.15) is 0 Å². The number of nitrogens with one attached hydrogen (secondary N) is 1. The molecule has 4 heteroatoms. The van der Waals surface area contributed by atoms with Gasteiger partial charge in [-0.05, 0) is 68.5 Å². The second-order valence-corrected chi connectivity index (χ2v) is 8.12. The number of rotatable bonds is 5. The molecule has 0 spiro atoms. The third-order valence-corrected chi connectivity index (χ3v) is 6.06. The Bertz CT molecular complexity index is 838. The first-order valence-corrected chi connectivity index (χ1v) is 10.2. The van der Waals surface area contributed by atoms with Gasteiger partial charge in [-0.3, -0.25) is 9.69 Å². The standard InChI is InChI=1S/C24H33N3O/c1-17-9-10-22(15-19(17)3)21(5)25-24(28)16-26-11-13-27(14-12-26)23-8-6-7-18(2)20(23)4/h6-10,15,21H,11-14,16H2,1-5H3,(H,25,28)/t21-/m0/s1. The lowest BCUT2D eigenvalue weighted by atomic mass is 10.0. The minimum absolute atomic E-state index is 0.0306. The molecule has 1 saturated heterocycles. The topological polar surface area (TPSA) is 35.6 Å². The summed E-state index contributed by atoms with van der Waals surface area (Å²) >= 11 is 0.